The van der Waals surface area contributed by atoms with E-state index in [-0.39, 0.29) is 11.4 Å². The molecule has 0 saturated carbocycles. The van der Waals surface area contributed by atoms with Gasteiger partial charge in [0.05, 0.1) is 22.4 Å². The van der Waals surface area contributed by atoms with Crippen LogP contribution in [-0.4, -0.2) is 27.9 Å². The minimum atomic E-state index is -4.45. The van der Waals surface area contributed by atoms with Gasteiger partial charge in [-0.05, 0) is 33.8 Å². The highest BCUT2D eigenvalue weighted by molar-refractivity contribution is 6.61. The molecule has 1 aromatic heterocycles. The molecule has 4 nitrogen and oxygen atoms in total. The molecule has 0 aliphatic carbocycles. The van der Waals surface area contributed by atoms with E-state index >= 15 is 0 Å². The number of nitrogens with zero attached hydrogens (tertiary/aromatic N) is 2. The lowest BCUT2D eigenvalue weighted by atomic mass is 9.86. The van der Waals surface area contributed by atoms with E-state index in [1.54, 1.807) is 23.9 Å². The predicted octanol–water partition coefficient (Wildman–Crippen LogP) is 3.41. The third kappa shape index (κ3) is 3.09. The maximum atomic E-state index is 13.3. The number of alkyl halides is 3. The fraction of sp³-hybridized carbons (Fsp3) is 0.471. The molecule has 1 aromatic carbocycles. The summed E-state index contributed by atoms with van der Waals surface area (Å²) in [6.07, 6.45) is -2.81. The normalized spacial score (nSPS) is 19.4. The van der Waals surface area contributed by atoms with E-state index in [2.05, 4.69) is 4.98 Å². The van der Waals surface area contributed by atoms with Crippen LogP contribution in [0.4, 0.5) is 13.2 Å². The second-order valence-corrected chi connectivity index (χ2v) is 7.23. The highest BCUT2D eigenvalue weighted by Gasteiger charge is 2.52. The monoisotopic (exact) mass is 352 g/mol. The van der Waals surface area contributed by atoms with Crippen LogP contribution in [0.3, 0.4) is 0 Å². The zero-order valence-electron chi connectivity index (χ0n) is 14.8. The summed E-state index contributed by atoms with van der Waals surface area (Å²) in [7, 11) is 0.938. The number of benzene rings is 1. The van der Waals surface area contributed by atoms with Crippen molar-refractivity contribution >= 4 is 12.7 Å². The minimum Gasteiger partial charge on any atom is -0.398 e. The van der Waals surface area contributed by atoms with Gasteiger partial charge in [-0.15, -0.1) is 0 Å². The van der Waals surface area contributed by atoms with Crippen molar-refractivity contribution in [2.24, 2.45) is 7.05 Å². The fourth-order valence-electron chi connectivity index (χ4n) is 2.74. The van der Waals surface area contributed by atoms with Gasteiger partial charge in [-0.3, -0.25) is 0 Å². The molecule has 1 aliphatic rings. The maximum absolute atomic E-state index is 13.3. The number of hydrogen-bond acceptors (Lipinski definition) is 3. The molecule has 1 saturated heterocycles. The van der Waals surface area contributed by atoms with E-state index in [0.717, 1.165) is 6.07 Å². The Morgan fingerprint density at radius 1 is 1.04 bits per heavy atom. The largest absolute Gasteiger partial charge is 0.516 e. The van der Waals surface area contributed by atoms with E-state index in [1.165, 1.54) is 12.1 Å². The Labute approximate surface area is 145 Å². The molecule has 0 spiro atoms. The predicted molar refractivity (Wildman–Crippen MR) is 89.4 cm³/mol. The molecule has 8 heteroatoms. The third-order valence-corrected chi connectivity index (χ3v) is 4.86. The molecule has 1 aliphatic heterocycles. The number of halogens is 3. The molecule has 2 aromatic rings. The van der Waals surface area contributed by atoms with Gasteiger partial charge in [0, 0.05) is 18.8 Å². The molecule has 0 bridgehead atoms. The molecule has 3 rings (SSSR count). The van der Waals surface area contributed by atoms with Crippen molar-refractivity contribution in [3.63, 3.8) is 0 Å². The van der Waals surface area contributed by atoms with Crippen LogP contribution in [0.1, 0.15) is 33.3 Å². The molecule has 1 fully saturated rings. The SMILES string of the molecule is Cn1cc(B2OC(C)(C)C(C)(C)O2)nc1-c1ccccc1C(F)(F)F. The van der Waals surface area contributed by atoms with Crippen LogP contribution >= 0.6 is 0 Å². The Balaban J connectivity index is 2.01. The lowest BCUT2D eigenvalue weighted by Crippen LogP contribution is -2.41. The Hall–Kier alpha value is -1.80. The van der Waals surface area contributed by atoms with Gasteiger partial charge in [0.15, 0.2) is 0 Å². The first-order valence-electron chi connectivity index (χ1n) is 7.98. The molecule has 0 atom stereocenters. The molecule has 0 radical (unpaired) electrons. The van der Waals surface area contributed by atoms with Crippen LogP contribution in [0.5, 0.6) is 0 Å². The highest BCUT2D eigenvalue weighted by Crippen LogP contribution is 2.38. The van der Waals surface area contributed by atoms with Gasteiger partial charge < -0.3 is 13.9 Å². The Morgan fingerprint density at radius 2 is 1.60 bits per heavy atom. The summed E-state index contributed by atoms with van der Waals surface area (Å²) < 4.78 is 53.3. The van der Waals surface area contributed by atoms with E-state index in [1.807, 2.05) is 27.7 Å². The molecule has 0 N–H and O–H groups in total. The molecule has 25 heavy (non-hydrogen) atoms. The molecule has 134 valence electrons. The zero-order chi connectivity index (χ0) is 18.6. The van der Waals surface area contributed by atoms with E-state index in [0.29, 0.717) is 5.59 Å². The van der Waals surface area contributed by atoms with Crippen molar-refractivity contribution < 1.29 is 22.5 Å². The number of hydrogen-bond donors (Lipinski definition) is 0. The van der Waals surface area contributed by atoms with Crippen molar-refractivity contribution in [2.75, 3.05) is 0 Å². The first-order chi connectivity index (χ1) is 11.4. The van der Waals surface area contributed by atoms with Crippen LogP contribution in [0.15, 0.2) is 30.5 Å². The quantitative estimate of drug-likeness (QED) is 0.778. The molecule has 2 heterocycles. The fourth-order valence-corrected chi connectivity index (χ4v) is 2.74. The van der Waals surface area contributed by atoms with Crippen molar-refractivity contribution in [1.82, 2.24) is 9.55 Å². The van der Waals surface area contributed by atoms with Crippen molar-refractivity contribution in [1.29, 1.82) is 0 Å². The first kappa shape index (κ1) is 18.0. The van der Waals surface area contributed by atoms with E-state index in [4.69, 9.17) is 9.31 Å². The molecule has 0 unspecified atom stereocenters. The van der Waals surface area contributed by atoms with E-state index in [9.17, 15) is 13.2 Å². The summed E-state index contributed by atoms with van der Waals surface area (Å²) in [6.45, 7) is 7.65. The topological polar surface area (TPSA) is 36.3 Å². The standard InChI is InChI=1S/C17H20BF3N2O2/c1-15(2)16(3,4)25-18(24-15)13-10-23(5)14(22-13)11-8-6-7-9-12(11)17(19,20)21/h6-10H,1-5H3. The number of aromatic nitrogens is 2. The summed E-state index contributed by atoms with van der Waals surface area (Å²) in [6, 6.07) is 5.40. The van der Waals surface area contributed by atoms with Gasteiger partial charge >= 0.3 is 13.3 Å². The second-order valence-electron chi connectivity index (χ2n) is 7.23. The first-order valence-corrected chi connectivity index (χ1v) is 7.98. The smallest absolute Gasteiger partial charge is 0.398 e. The maximum Gasteiger partial charge on any atom is 0.516 e. The molecular formula is C17H20BF3N2O2. The lowest BCUT2D eigenvalue weighted by molar-refractivity contribution is -0.137. The van der Waals surface area contributed by atoms with Gasteiger partial charge in [-0.25, -0.2) is 4.98 Å². The van der Waals surface area contributed by atoms with Crippen LogP contribution in [-0.2, 0) is 22.5 Å². The summed E-state index contributed by atoms with van der Waals surface area (Å²) in [5.74, 6) is 0.220. The van der Waals surface area contributed by atoms with Crippen LogP contribution in [0.2, 0.25) is 0 Å². The zero-order valence-corrected chi connectivity index (χ0v) is 14.8. The van der Waals surface area contributed by atoms with Gasteiger partial charge in [0.2, 0.25) is 0 Å². The minimum absolute atomic E-state index is 0.0280. The second kappa shape index (κ2) is 5.61. The van der Waals surface area contributed by atoms with E-state index < -0.39 is 30.1 Å². The summed E-state index contributed by atoms with van der Waals surface area (Å²) in [5, 5.41) is 0. The molecule has 0 amide bonds. The Morgan fingerprint density at radius 3 is 2.16 bits per heavy atom. The average molecular weight is 352 g/mol. The summed E-state index contributed by atoms with van der Waals surface area (Å²) >= 11 is 0. The number of rotatable bonds is 2. The average Bonchev–Trinajstić information content (AvgIpc) is 2.96. The summed E-state index contributed by atoms with van der Waals surface area (Å²) in [5.41, 5.74) is -1.32. The van der Waals surface area contributed by atoms with Crippen LogP contribution < -0.4 is 5.59 Å². The van der Waals surface area contributed by atoms with Gasteiger partial charge in [0.1, 0.15) is 5.82 Å². The summed E-state index contributed by atoms with van der Waals surface area (Å²) in [4.78, 5) is 4.38. The third-order valence-electron chi connectivity index (χ3n) is 4.86. The van der Waals surface area contributed by atoms with Crippen LogP contribution in [0.25, 0.3) is 11.4 Å². The van der Waals surface area contributed by atoms with Gasteiger partial charge in [-0.1, -0.05) is 18.2 Å². The number of aryl methyl sites for hydroxylation is 1. The number of imidazole rings is 1. The Bertz CT molecular complexity index is 783. The molecular weight excluding hydrogens is 332 g/mol. The highest BCUT2D eigenvalue weighted by atomic mass is 19.4. The van der Waals surface area contributed by atoms with Crippen molar-refractivity contribution in [3.8, 4) is 11.4 Å². The van der Waals surface area contributed by atoms with Crippen molar-refractivity contribution in [3.05, 3.63) is 36.0 Å². The van der Waals surface area contributed by atoms with Crippen molar-refractivity contribution in [2.45, 2.75) is 45.1 Å². The lowest BCUT2D eigenvalue weighted by Gasteiger charge is -2.32. The van der Waals surface area contributed by atoms with Gasteiger partial charge in [0.25, 0.3) is 0 Å². The Kier molecular flexibility index (Phi) is 4.04. The van der Waals surface area contributed by atoms with Gasteiger partial charge in [-0.2, -0.15) is 13.2 Å². The van der Waals surface area contributed by atoms with Crippen LogP contribution in [0, 0.1) is 0 Å².